The Labute approximate surface area is 119 Å². The van der Waals surface area contributed by atoms with Crippen molar-refractivity contribution in [3.05, 3.63) is 51.5 Å². The highest BCUT2D eigenvalue weighted by molar-refractivity contribution is 7.09. The molecule has 0 aliphatic carbocycles. The van der Waals surface area contributed by atoms with Crippen LogP contribution < -0.4 is 0 Å². The van der Waals surface area contributed by atoms with E-state index in [9.17, 15) is 5.11 Å². The third kappa shape index (κ3) is 4.15. The van der Waals surface area contributed by atoms with Gasteiger partial charge in [0.1, 0.15) is 0 Å². The van der Waals surface area contributed by atoms with E-state index in [4.69, 9.17) is 0 Å². The second-order valence-electron chi connectivity index (χ2n) is 5.32. The van der Waals surface area contributed by atoms with Crippen LogP contribution in [0.4, 0.5) is 0 Å². The molecular weight excluding hydrogens is 254 g/mol. The maximum atomic E-state index is 10.1. The molecule has 0 bridgehead atoms. The number of aliphatic hydroxyl groups excluding tert-OH is 1. The van der Waals surface area contributed by atoms with Gasteiger partial charge in [0.15, 0.2) is 0 Å². The molecule has 2 aromatic rings. The number of thiazole rings is 1. The van der Waals surface area contributed by atoms with Gasteiger partial charge in [0, 0.05) is 11.8 Å². The summed E-state index contributed by atoms with van der Waals surface area (Å²) < 4.78 is 0. The third-order valence-electron chi connectivity index (χ3n) is 3.23. The topological polar surface area (TPSA) is 33.1 Å². The van der Waals surface area contributed by atoms with Crippen LogP contribution in [0.15, 0.2) is 29.6 Å². The molecule has 0 spiro atoms. The lowest BCUT2D eigenvalue weighted by atomic mass is 9.99. The van der Waals surface area contributed by atoms with Crippen molar-refractivity contribution in [1.82, 2.24) is 4.98 Å². The highest BCUT2D eigenvalue weighted by Gasteiger charge is 2.09. The summed E-state index contributed by atoms with van der Waals surface area (Å²) in [6.07, 6.45) is 0.969. The largest absolute Gasteiger partial charge is 0.392 e. The molecule has 1 heterocycles. The lowest BCUT2D eigenvalue weighted by Gasteiger charge is -2.11. The number of nitrogens with zero attached hydrogens (tertiary/aromatic N) is 1. The molecule has 102 valence electrons. The van der Waals surface area contributed by atoms with Crippen molar-refractivity contribution in [3.63, 3.8) is 0 Å². The number of aliphatic hydroxyl groups is 1. The van der Waals surface area contributed by atoms with Crippen LogP contribution in [0.1, 0.15) is 41.6 Å². The zero-order valence-electron chi connectivity index (χ0n) is 11.8. The van der Waals surface area contributed by atoms with Crippen LogP contribution >= 0.6 is 11.3 Å². The monoisotopic (exact) mass is 275 g/mol. The molecule has 2 rings (SSSR count). The van der Waals surface area contributed by atoms with E-state index in [1.165, 1.54) is 11.1 Å². The Kier molecular flexibility index (Phi) is 4.72. The van der Waals surface area contributed by atoms with Gasteiger partial charge in [-0.3, -0.25) is 0 Å². The lowest BCUT2D eigenvalue weighted by molar-refractivity contribution is 0.174. The van der Waals surface area contributed by atoms with E-state index in [1.54, 1.807) is 11.3 Å². The Balaban J connectivity index is 1.93. The molecule has 0 amide bonds. The summed E-state index contributed by atoms with van der Waals surface area (Å²) in [7, 11) is 0. The summed E-state index contributed by atoms with van der Waals surface area (Å²) >= 11 is 1.64. The first-order valence-corrected chi connectivity index (χ1v) is 7.60. The summed E-state index contributed by atoms with van der Waals surface area (Å²) in [4.78, 5) is 4.39. The fraction of sp³-hybridized carbons (Fsp3) is 0.438. The van der Waals surface area contributed by atoms with E-state index in [-0.39, 0.29) is 6.10 Å². The molecular formula is C16H21NOS. The van der Waals surface area contributed by atoms with Crippen molar-refractivity contribution >= 4 is 11.3 Å². The number of aryl methyl sites for hydroxylation is 1. The number of benzene rings is 1. The van der Waals surface area contributed by atoms with Crippen molar-refractivity contribution in [2.75, 3.05) is 0 Å². The van der Waals surface area contributed by atoms with Crippen LogP contribution in [0.25, 0.3) is 0 Å². The van der Waals surface area contributed by atoms with Crippen LogP contribution in [-0.4, -0.2) is 16.2 Å². The zero-order chi connectivity index (χ0) is 13.8. The molecule has 1 aromatic carbocycles. The highest BCUT2D eigenvalue weighted by Crippen LogP contribution is 2.17. The zero-order valence-corrected chi connectivity index (χ0v) is 12.6. The fourth-order valence-corrected chi connectivity index (χ4v) is 2.75. The number of aromatic nitrogens is 1. The molecule has 0 aliphatic rings. The van der Waals surface area contributed by atoms with Gasteiger partial charge in [0.2, 0.25) is 0 Å². The van der Waals surface area contributed by atoms with Gasteiger partial charge in [-0.05, 0) is 30.4 Å². The highest BCUT2D eigenvalue weighted by atomic mass is 32.1. The molecule has 0 radical (unpaired) electrons. The first-order valence-electron chi connectivity index (χ1n) is 6.72. The van der Waals surface area contributed by atoms with E-state index in [2.05, 4.69) is 43.1 Å². The summed E-state index contributed by atoms with van der Waals surface area (Å²) in [5.74, 6) is 0.553. The summed E-state index contributed by atoms with van der Waals surface area (Å²) in [6, 6.07) is 8.54. The first-order chi connectivity index (χ1) is 9.04. The number of hydrogen-bond donors (Lipinski definition) is 1. The van der Waals surface area contributed by atoms with E-state index < -0.39 is 0 Å². The molecule has 19 heavy (non-hydrogen) atoms. The normalized spacial score (nSPS) is 12.9. The second-order valence-corrected chi connectivity index (χ2v) is 6.38. The molecule has 1 unspecified atom stereocenters. The van der Waals surface area contributed by atoms with E-state index in [0.717, 1.165) is 10.7 Å². The van der Waals surface area contributed by atoms with Crippen LogP contribution in [0, 0.1) is 6.92 Å². The first kappa shape index (κ1) is 14.2. The SMILES string of the molecule is Cc1nc(CC(O)Cc2ccc(C(C)C)cc2)cs1. The second kappa shape index (κ2) is 6.31. The Morgan fingerprint density at radius 2 is 1.84 bits per heavy atom. The summed E-state index contributed by atoms with van der Waals surface area (Å²) in [5, 5.41) is 13.2. The summed E-state index contributed by atoms with van der Waals surface area (Å²) in [6.45, 7) is 6.37. The van der Waals surface area contributed by atoms with Gasteiger partial charge in [-0.2, -0.15) is 0 Å². The molecule has 0 saturated heterocycles. The van der Waals surface area contributed by atoms with Gasteiger partial charge >= 0.3 is 0 Å². The minimum absolute atomic E-state index is 0.355. The van der Waals surface area contributed by atoms with Crippen LogP contribution in [0.5, 0.6) is 0 Å². The minimum Gasteiger partial charge on any atom is -0.392 e. The van der Waals surface area contributed by atoms with E-state index in [1.807, 2.05) is 12.3 Å². The van der Waals surface area contributed by atoms with Crippen molar-refractivity contribution < 1.29 is 5.11 Å². The average Bonchev–Trinajstić information content (AvgIpc) is 2.75. The number of rotatable bonds is 5. The Morgan fingerprint density at radius 3 is 2.37 bits per heavy atom. The van der Waals surface area contributed by atoms with Crippen LogP contribution in [0.3, 0.4) is 0 Å². The Bertz CT molecular complexity index is 516. The molecule has 0 saturated carbocycles. The molecule has 0 fully saturated rings. The van der Waals surface area contributed by atoms with Crippen molar-refractivity contribution in [1.29, 1.82) is 0 Å². The molecule has 1 aromatic heterocycles. The quantitative estimate of drug-likeness (QED) is 0.902. The minimum atomic E-state index is -0.355. The smallest absolute Gasteiger partial charge is 0.0897 e. The molecule has 1 N–H and O–H groups in total. The van der Waals surface area contributed by atoms with Crippen LogP contribution in [0.2, 0.25) is 0 Å². The number of hydrogen-bond acceptors (Lipinski definition) is 3. The Hall–Kier alpha value is -1.19. The predicted molar refractivity (Wildman–Crippen MR) is 80.8 cm³/mol. The molecule has 1 atom stereocenters. The van der Waals surface area contributed by atoms with Crippen molar-refractivity contribution in [3.8, 4) is 0 Å². The maximum Gasteiger partial charge on any atom is 0.0897 e. The van der Waals surface area contributed by atoms with Gasteiger partial charge in [0.05, 0.1) is 16.8 Å². The Morgan fingerprint density at radius 1 is 1.16 bits per heavy atom. The average molecular weight is 275 g/mol. The van der Waals surface area contributed by atoms with Gasteiger partial charge in [-0.15, -0.1) is 11.3 Å². The fourth-order valence-electron chi connectivity index (χ4n) is 2.13. The predicted octanol–water partition coefficient (Wildman–Crippen LogP) is 3.72. The van der Waals surface area contributed by atoms with Crippen LogP contribution in [-0.2, 0) is 12.8 Å². The standard InChI is InChI=1S/C16H21NOS/c1-11(2)14-6-4-13(5-7-14)8-16(18)9-15-10-19-12(3)17-15/h4-7,10-11,16,18H,8-9H2,1-3H3. The lowest BCUT2D eigenvalue weighted by Crippen LogP contribution is -2.14. The van der Waals surface area contributed by atoms with Crippen molar-refractivity contribution in [2.45, 2.75) is 45.6 Å². The van der Waals surface area contributed by atoms with E-state index in [0.29, 0.717) is 18.8 Å². The van der Waals surface area contributed by atoms with Gasteiger partial charge in [0.25, 0.3) is 0 Å². The van der Waals surface area contributed by atoms with Gasteiger partial charge in [-0.25, -0.2) is 4.98 Å². The molecule has 3 heteroatoms. The maximum absolute atomic E-state index is 10.1. The van der Waals surface area contributed by atoms with Crippen molar-refractivity contribution in [2.24, 2.45) is 0 Å². The third-order valence-corrected chi connectivity index (χ3v) is 4.05. The van der Waals surface area contributed by atoms with E-state index >= 15 is 0 Å². The van der Waals surface area contributed by atoms with Gasteiger partial charge in [-0.1, -0.05) is 38.1 Å². The van der Waals surface area contributed by atoms with Gasteiger partial charge < -0.3 is 5.11 Å². The summed E-state index contributed by atoms with van der Waals surface area (Å²) in [5.41, 5.74) is 3.52. The molecule has 0 aliphatic heterocycles. The molecule has 2 nitrogen and oxygen atoms in total.